The maximum absolute atomic E-state index is 12.8. The highest BCUT2D eigenvalue weighted by atomic mass is 32.1. The lowest BCUT2D eigenvalue weighted by Crippen LogP contribution is -2.34. The zero-order chi connectivity index (χ0) is 20.3. The summed E-state index contributed by atoms with van der Waals surface area (Å²) in [5, 5.41) is 9.97. The molecule has 5 heterocycles. The number of nitrogens with zero attached hydrogens (tertiary/aromatic N) is 4. The smallest absolute Gasteiger partial charge is 0.165 e. The number of hydrogen-bond donors (Lipinski definition) is 1. The third-order valence-electron chi connectivity index (χ3n) is 5.63. The Morgan fingerprint density at radius 2 is 2.20 bits per heavy atom. The van der Waals surface area contributed by atoms with Crippen molar-refractivity contribution in [3.63, 3.8) is 0 Å². The van der Waals surface area contributed by atoms with E-state index in [1.165, 1.54) is 12.8 Å². The molecule has 5 rings (SSSR count). The number of Topliss-reactive ketones (excluding diaryl/α,β-unsaturated/α-hetero) is 1. The van der Waals surface area contributed by atoms with Gasteiger partial charge in [-0.3, -0.25) is 9.78 Å². The van der Waals surface area contributed by atoms with Gasteiger partial charge in [0.2, 0.25) is 0 Å². The number of rotatable bonds is 6. The molecule has 0 amide bonds. The lowest BCUT2D eigenvalue weighted by atomic mass is 9.97. The van der Waals surface area contributed by atoms with Crippen molar-refractivity contribution in [3.05, 3.63) is 59.9 Å². The minimum absolute atomic E-state index is 0.162. The van der Waals surface area contributed by atoms with Crippen molar-refractivity contribution in [2.45, 2.75) is 38.1 Å². The van der Waals surface area contributed by atoms with Crippen LogP contribution in [0.3, 0.4) is 0 Å². The number of fused-ring (bicyclic) bond motifs is 1. The predicted molar refractivity (Wildman–Crippen MR) is 119 cm³/mol. The molecule has 1 atom stereocenters. The summed E-state index contributed by atoms with van der Waals surface area (Å²) in [6.45, 7) is 1.06. The van der Waals surface area contributed by atoms with Crippen LogP contribution in [0.25, 0.3) is 27.5 Å². The molecule has 4 aromatic rings. The van der Waals surface area contributed by atoms with Gasteiger partial charge in [-0.2, -0.15) is 5.10 Å². The van der Waals surface area contributed by atoms with Gasteiger partial charge in [0.05, 0.1) is 28.0 Å². The van der Waals surface area contributed by atoms with Crippen LogP contribution in [-0.2, 0) is 0 Å². The standard InChI is InChI=1S/C23H23N5OS/c29-21(7-6-17-4-1-2-10-24-17)16-8-11-25-20(14-16)18-15-26-28-12-9-19(27-23(18)28)22-5-3-13-30-22/h3,5,8-9,11-15,17,24H,1-2,4,6-7,10H2. The van der Waals surface area contributed by atoms with Crippen LogP contribution in [0.15, 0.2) is 54.3 Å². The second-order valence-electron chi connectivity index (χ2n) is 7.65. The van der Waals surface area contributed by atoms with Gasteiger partial charge in [-0.15, -0.1) is 11.3 Å². The maximum Gasteiger partial charge on any atom is 0.165 e. The molecule has 1 saturated heterocycles. The number of hydrogen-bond acceptors (Lipinski definition) is 6. The molecule has 152 valence electrons. The summed E-state index contributed by atoms with van der Waals surface area (Å²) in [7, 11) is 0. The van der Waals surface area contributed by atoms with Gasteiger partial charge in [0.1, 0.15) is 0 Å². The molecule has 1 aliphatic rings. The van der Waals surface area contributed by atoms with Gasteiger partial charge < -0.3 is 5.32 Å². The highest BCUT2D eigenvalue weighted by molar-refractivity contribution is 7.13. The second kappa shape index (κ2) is 8.45. The molecule has 1 aliphatic heterocycles. The van der Waals surface area contributed by atoms with Crippen LogP contribution in [0.2, 0.25) is 0 Å². The quantitative estimate of drug-likeness (QED) is 0.463. The van der Waals surface area contributed by atoms with E-state index in [2.05, 4.69) is 21.5 Å². The van der Waals surface area contributed by atoms with Gasteiger partial charge in [-0.25, -0.2) is 9.50 Å². The largest absolute Gasteiger partial charge is 0.314 e. The fraction of sp³-hybridized carbons (Fsp3) is 0.304. The van der Waals surface area contributed by atoms with E-state index in [0.717, 1.165) is 46.9 Å². The minimum Gasteiger partial charge on any atom is -0.314 e. The number of pyridine rings is 1. The summed E-state index contributed by atoms with van der Waals surface area (Å²) in [6.07, 6.45) is 10.5. The van der Waals surface area contributed by atoms with Crippen molar-refractivity contribution in [1.82, 2.24) is 24.9 Å². The van der Waals surface area contributed by atoms with Crippen molar-refractivity contribution in [2.75, 3.05) is 6.54 Å². The Bertz CT molecular complexity index is 1160. The number of carbonyl (C=O) groups is 1. The summed E-state index contributed by atoms with van der Waals surface area (Å²) < 4.78 is 1.75. The third-order valence-corrected chi connectivity index (χ3v) is 6.53. The number of ketones is 1. The van der Waals surface area contributed by atoms with Crippen LogP contribution < -0.4 is 5.32 Å². The summed E-state index contributed by atoms with van der Waals surface area (Å²) in [5.74, 6) is 0.162. The lowest BCUT2D eigenvalue weighted by Gasteiger charge is -2.22. The first-order chi connectivity index (χ1) is 14.8. The van der Waals surface area contributed by atoms with Gasteiger partial charge >= 0.3 is 0 Å². The molecular formula is C23H23N5OS. The molecule has 6 nitrogen and oxygen atoms in total. The average molecular weight is 418 g/mol. The van der Waals surface area contributed by atoms with Crippen LogP contribution in [-0.4, -0.2) is 38.0 Å². The topological polar surface area (TPSA) is 72.2 Å². The Morgan fingerprint density at radius 1 is 1.23 bits per heavy atom. The second-order valence-corrected chi connectivity index (χ2v) is 8.60. The molecule has 0 bridgehead atoms. The Labute approximate surface area is 179 Å². The fourth-order valence-corrected chi connectivity index (χ4v) is 4.68. The number of aromatic nitrogens is 4. The summed E-state index contributed by atoms with van der Waals surface area (Å²) >= 11 is 1.65. The first kappa shape index (κ1) is 19.1. The highest BCUT2D eigenvalue weighted by Crippen LogP contribution is 2.27. The van der Waals surface area contributed by atoms with Crippen LogP contribution in [0.1, 0.15) is 42.5 Å². The van der Waals surface area contributed by atoms with E-state index < -0.39 is 0 Å². The zero-order valence-corrected chi connectivity index (χ0v) is 17.4. The third kappa shape index (κ3) is 3.91. The molecule has 0 aliphatic carbocycles. The normalized spacial score (nSPS) is 16.7. The SMILES string of the molecule is O=C(CCC1CCCCN1)c1ccnc(-c2cnn3ccc(-c4cccs4)nc23)c1. The molecule has 0 aromatic carbocycles. The van der Waals surface area contributed by atoms with Crippen molar-refractivity contribution < 1.29 is 4.79 Å². The van der Waals surface area contributed by atoms with Crippen LogP contribution >= 0.6 is 11.3 Å². The molecule has 1 fully saturated rings. The zero-order valence-electron chi connectivity index (χ0n) is 16.6. The Hall–Kier alpha value is -2.90. The summed E-state index contributed by atoms with van der Waals surface area (Å²) in [5.41, 5.74) is 3.90. The molecular weight excluding hydrogens is 394 g/mol. The van der Waals surface area contributed by atoms with E-state index >= 15 is 0 Å². The van der Waals surface area contributed by atoms with Gasteiger partial charge in [0.15, 0.2) is 11.4 Å². The van der Waals surface area contributed by atoms with Gasteiger partial charge in [0.25, 0.3) is 0 Å². The molecule has 7 heteroatoms. The van der Waals surface area contributed by atoms with E-state index in [-0.39, 0.29) is 5.78 Å². The van der Waals surface area contributed by atoms with Crippen molar-refractivity contribution in [2.24, 2.45) is 0 Å². The van der Waals surface area contributed by atoms with E-state index in [0.29, 0.717) is 18.0 Å². The van der Waals surface area contributed by atoms with Crippen molar-refractivity contribution in [1.29, 1.82) is 0 Å². The molecule has 1 N–H and O–H groups in total. The predicted octanol–water partition coefficient (Wildman–Crippen LogP) is 4.62. The van der Waals surface area contributed by atoms with Crippen LogP contribution in [0.4, 0.5) is 0 Å². The minimum atomic E-state index is 0.162. The highest BCUT2D eigenvalue weighted by Gasteiger charge is 2.17. The van der Waals surface area contributed by atoms with Gasteiger partial charge in [-0.05, 0) is 55.5 Å². The van der Waals surface area contributed by atoms with Crippen LogP contribution in [0.5, 0.6) is 0 Å². The number of thiophene rings is 1. The molecule has 0 saturated carbocycles. The number of piperidine rings is 1. The summed E-state index contributed by atoms with van der Waals surface area (Å²) in [4.78, 5) is 23.2. The molecule has 30 heavy (non-hydrogen) atoms. The first-order valence-electron chi connectivity index (χ1n) is 10.4. The number of carbonyl (C=O) groups excluding carboxylic acids is 1. The first-order valence-corrected chi connectivity index (χ1v) is 11.3. The Kier molecular flexibility index (Phi) is 5.38. The lowest BCUT2D eigenvalue weighted by molar-refractivity contribution is 0.0974. The van der Waals surface area contributed by atoms with E-state index in [4.69, 9.17) is 4.98 Å². The van der Waals surface area contributed by atoms with E-state index in [9.17, 15) is 4.79 Å². The maximum atomic E-state index is 12.8. The molecule has 0 spiro atoms. The summed E-state index contributed by atoms with van der Waals surface area (Å²) in [6, 6.07) is 10.2. The van der Waals surface area contributed by atoms with Gasteiger partial charge in [0, 0.05) is 30.4 Å². The van der Waals surface area contributed by atoms with Gasteiger partial charge in [-0.1, -0.05) is 12.5 Å². The average Bonchev–Trinajstić information content (AvgIpc) is 3.48. The molecule has 4 aromatic heterocycles. The molecule has 0 radical (unpaired) electrons. The van der Waals surface area contributed by atoms with Crippen molar-refractivity contribution in [3.8, 4) is 21.8 Å². The monoisotopic (exact) mass is 417 g/mol. The Balaban J connectivity index is 1.40. The molecule has 1 unspecified atom stereocenters. The number of nitrogens with one attached hydrogen (secondary N) is 1. The van der Waals surface area contributed by atoms with E-state index in [1.54, 1.807) is 34.3 Å². The van der Waals surface area contributed by atoms with Crippen LogP contribution in [0, 0.1) is 0 Å². The fourth-order valence-electron chi connectivity index (χ4n) is 3.98. The van der Waals surface area contributed by atoms with Crippen molar-refractivity contribution >= 4 is 22.8 Å². The Morgan fingerprint density at radius 3 is 3.03 bits per heavy atom. The van der Waals surface area contributed by atoms with E-state index in [1.807, 2.05) is 29.8 Å².